The molecule has 1 aromatic heterocycles. The maximum atomic E-state index is 13.7. The lowest BCUT2D eigenvalue weighted by molar-refractivity contribution is 0.0526. The van der Waals surface area contributed by atoms with Crippen LogP contribution in [0.5, 0.6) is 0 Å². The van der Waals surface area contributed by atoms with Crippen molar-refractivity contribution in [2.75, 3.05) is 17.2 Å². The van der Waals surface area contributed by atoms with Crippen molar-refractivity contribution in [3.8, 4) is 0 Å². The van der Waals surface area contributed by atoms with Crippen molar-refractivity contribution in [1.29, 1.82) is 0 Å². The molecule has 0 spiro atoms. The molecule has 138 valence electrons. The second-order valence-corrected chi connectivity index (χ2v) is 5.41. The Morgan fingerprint density at radius 1 is 1.04 bits per heavy atom. The first-order valence-electron chi connectivity index (χ1n) is 8.15. The van der Waals surface area contributed by atoms with E-state index in [1.807, 2.05) is 0 Å². The number of benzene rings is 2. The minimum Gasteiger partial charge on any atom is -0.462 e. The first-order chi connectivity index (χ1) is 13.1. The van der Waals surface area contributed by atoms with Crippen LogP contribution in [0.3, 0.4) is 0 Å². The average Bonchev–Trinajstić information content (AvgIpc) is 2.66. The van der Waals surface area contributed by atoms with Crippen molar-refractivity contribution >= 4 is 29.1 Å². The van der Waals surface area contributed by atoms with Crippen molar-refractivity contribution in [3.05, 3.63) is 71.9 Å². The molecular weight excluding hydrogens is 354 g/mol. The van der Waals surface area contributed by atoms with Gasteiger partial charge < -0.3 is 15.4 Å². The summed E-state index contributed by atoms with van der Waals surface area (Å²) in [6, 6.07) is 11.6. The predicted molar refractivity (Wildman–Crippen MR) is 97.4 cm³/mol. The maximum Gasteiger partial charge on any atom is 0.338 e. The van der Waals surface area contributed by atoms with Gasteiger partial charge in [0.25, 0.3) is 0 Å². The van der Waals surface area contributed by atoms with Gasteiger partial charge in [0.2, 0.25) is 5.95 Å². The molecule has 2 N–H and O–H groups in total. The molecule has 0 atom stereocenters. The first kappa shape index (κ1) is 18.2. The zero-order chi connectivity index (χ0) is 19.2. The van der Waals surface area contributed by atoms with Crippen molar-refractivity contribution in [3.63, 3.8) is 0 Å². The smallest absolute Gasteiger partial charge is 0.338 e. The minimum absolute atomic E-state index is 0.222. The van der Waals surface area contributed by atoms with Crippen molar-refractivity contribution in [1.82, 2.24) is 9.97 Å². The van der Waals surface area contributed by atoms with Gasteiger partial charge in [0.05, 0.1) is 12.2 Å². The van der Waals surface area contributed by atoms with Gasteiger partial charge >= 0.3 is 5.97 Å². The highest BCUT2D eigenvalue weighted by Gasteiger charge is 2.10. The van der Waals surface area contributed by atoms with E-state index in [2.05, 4.69) is 20.6 Å². The number of nitrogens with zero attached hydrogens (tertiary/aromatic N) is 2. The third-order valence-electron chi connectivity index (χ3n) is 3.52. The molecule has 0 saturated carbocycles. The largest absolute Gasteiger partial charge is 0.462 e. The number of esters is 1. The average molecular weight is 370 g/mol. The Morgan fingerprint density at radius 3 is 2.41 bits per heavy atom. The van der Waals surface area contributed by atoms with Gasteiger partial charge in [0, 0.05) is 11.9 Å². The number of ether oxygens (including phenoxy) is 1. The highest BCUT2D eigenvalue weighted by atomic mass is 19.1. The van der Waals surface area contributed by atoms with Gasteiger partial charge in [-0.05, 0) is 49.4 Å². The Bertz CT molecular complexity index is 928. The summed E-state index contributed by atoms with van der Waals surface area (Å²) < 4.78 is 32.4. The zero-order valence-corrected chi connectivity index (χ0v) is 14.4. The molecule has 6 nitrogen and oxygen atoms in total. The van der Waals surface area contributed by atoms with Crippen LogP contribution in [0.25, 0.3) is 0 Å². The van der Waals surface area contributed by atoms with Crippen LogP contribution in [0.4, 0.5) is 31.9 Å². The summed E-state index contributed by atoms with van der Waals surface area (Å²) >= 11 is 0. The van der Waals surface area contributed by atoms with Gasteiger partial charge in [-0.15, -0.1) is 0 Å². The fourth-order valence-corrected chi connectivity index (χ4v) is 2.27. The number of hydrogen-bond acceptors (Lipinski definition) is 6. The minimum atomic E-state index is -0.724. The number of nitrogens with one attached hydrogen (secondary N) is 2. The molecule has 2 aromatic carbocycles. The third kappa shape index (κ3) is 4.55. The van der Waals surface area contributed by atoms with E-state index in [0.29, 0.717) is 17.9 Å². The highest BCUT2D eigenvalue weighted by Crippen LogP contribution is 2.23. The number of hydrogen-bond donors (Lipinski definition) is 2. The van der Waals surface area contributed by atoms with Crippen LogP contribution >= 0.6 is 0 Å². The molecule has 0 saturated heterocycles. The van der Waals surface area contributed by atoms with Gasteiger partial charge in [-0.1, -0.05) is 6.07 Å². The Hall–Kier alpha value is -3.55. The molecule has 0 fully saturated rings. The van der Waals surface area contributed by atoms with Crippen LogP contribution in [-0.4, -0.2) is 22.5 Å². The second kappa shape index (κ2) is 8.22. The summed E-state index contributed by atoms with van der Waals surface area (Å²) in [5.74, 6) is -1.41. The number of carbonyl (C=O) groups is 1. The molecule has 0 aliphatic heterocycles. The molecular formula is C19H16F2N4O2. The molecule has 0 aliphatic carbocycles. The quantitative estimate of drug-likeness (QED) is 0.626. The van der Waals surface area contributed by atoms with Crippen LogP contribution in [-0.2, 0) is 4.74 Å². The summed E-state index contributed by atoms with van der Waals surface area (Å²) in [5, 5.41) is 5.56. The summed E-state index contributed by atoms with van der Waals surface area (Å²) in [7, 11) is 0. The van der Waals surface area contributed by atoms with E-state index in [1.54, 1.807) is 31.2 Å². The van der Waals surface area contributed by atoms with E-state index >= 15 is 0 Å². The van der Waals surface area contributed by atoms with Crippen LogP contribution in [0.15, 0.2) is 54.7 Å². The van der Waals surface area contributed by atoms with Gasteiger partial charge in [0.15, 0.2) is 0 Å². The highest BCUT2D eigenvalue weighted by molar-refractivity contribution is 5.89. The van der Waals surface area contributed by atoms with Crippen LogP contribution in [0, 0.1) is 11.6 Å². The number of rotatable bonds is 6. The van der Waals surface area contributed by atoms with Crippen LogP contribution < -0.4 is 10.6 Å². The molecule has 8 heteroatoms. The third-order valence-corrected chi connectivity index (χ3v) is 3.52. The molecule has 0 amide bonds. The number of anilines is 4. The Morgan fingerprint density at radius 2 is 1.74 bits per heavy atom. The van der Waals surface area contributed by atoms with Gasteiger partial charge in [-0.2, -0.15) is 4.98 Å². The van der Waals surface area contributed by atoms with Crippen molar-refractivity contribution in [2.45, 2.75) is 6.92 Å². The normalized spacial score (nSPS) is 10.3. The topological polar surface area (TPSA) is 76.1 Å². The van der Waals surface area contributed by atoms with E-state index in [-0.39, 0.29) is 17.5 Å². The van der Waals surface area contributed by atoms with Crippen LogP contribution in [0.2, 0.25) is 0 Å². The van der Waals surface area contributed by atoms with Crippen molar-refractivity contribution < 1.29 is 18.3 Å². The maximum absolute atomic E-state index is 13.7. The Kier molecular flexibility index (Phi) is 5.55. The standard InChI is InChI=1S/C19H16F2N4O2/c1-2-27-18(26)12-6-8-13(9-7-12)23-19-22-11-10-16(25-19)24-17-14(20)4-3-5-15(17)21/h3-11H,2H2,1H3,(H2,22,23,24,25). The van der Waals surface area contributed by atoms with Crippen LogP contribution in [0.1, 0.15) is 17.3 Å². The van der Waals surface area contributed by atoms with E-state index < -0.39 is 17.6 Å². The predicted octanol–water partition coefficient (Wildman–Crippen LogP) is 4.42. The lowest BCUT2D eigenvalue weighted by Crippen LogP contribution is -2.05. The molecule has 0 radical (unpaired) electrons. The SMILES string of the molecule is CCOC(=O)c1ccc(Nc2nccc(Nc3c(F)cccc3F)n2)cc1. The Balaban J connectivity index is 1.73. The lowest BCUT2D eigenvalue weighted by Gasteiger charge is -2.10. The van der Waals surface area contributed by atoms with Crippen molar-refractivity contribution in [2.24, 2.45) is 0 Å². The lowest BCUT2D eigenvalue weighted by atomic mass is 10.2. The summed E-state index contributed by atoms with van der Waals surface area (Å²) in [4.78, 5) is 19.9. The fraction of sp³-hybridized carbons (Fsp3) is 0.105. The molecule has 3 aromatic rings. The summed E-state index contributed by atoms with van der Waals surface area (Å²) in [6.45, 7) is 2.04. The van der Waals surface area contributed by atoms with Gasteiger partial charge in [0.1, 0.15) is 23.1 Å². The number of aromatic nitrogens is 2. The molecule has 0 aliphatic rings. The number of carbonyl (C=O) groups excluding carboxylic acids is 1. The van der Waals surface area contributed by atoms with E-state index in [1.165, 1.54) is 18.3 Å². The molecule has 0 unspecified atom stereocenters. The van der Waals surface area contributed by atoms with E-state index in [0.717, 1.165) is 12.1 Å². The van der Waals surface area contributed by atoms with Gasteiger partial charge in [-0.25, -0.2) is 18.6 Å². The molecule has 27 heavy (non-hydrogen) atoms. The van der Waals surface area contributed by atoms with Gasteiger partial charge in [-0.3, -0.25) is 0 Å². The number of para-hydroxylation sites is 1. The zero-order valence-electron chi connectivity index (χ0n) is 14.4. The monoisotopic (exact) mass is 370 g/mol. The Labute approximate surface area is 154 Å². The molecule has 0 bridgehead atoms. The number of halogens is 2. The molecule has 1 heterocycles. The molecule has 3 rings (SSSR count). The first-order valence-corrected chi connectivity index (χ1v) is 8.15. The second-order valence-electron chi connectivity index (χ2n) is 5.41. The summed E-state index contributed by atoms with van der Waals surface area (Å²) in [5.41, 5.74) is 0.770. The summed E-state index contributed by atoms with van der Waals surface area (Å²) in [6.07, 6.45) is 1.45. The van der Waals surface area contributed by atoms with E-state index in [4.69, 9.17) is 4.74 Å². The fourth-order valence-electron chi connectivity index (χ4n) is 2.27. The van der Waals surface area contributed by atoms with E-state index in [9.17, 15) is 13.6 Å².